The van der Waals surface area contributed by atoms with Gasteiger partial charge in [0.2, 0.25) is 5.91 Å². The predicted molar refractivity (Wildman–Crippen MR) is 110 cm³/mol. The number of amides is 1. The van der Waals surface area contributed by atoms with Crippen molar-refractivity contribution in [3.8, 4) is 0 Å². The molecule has 0 radical (unpaired) electrons. The summed E-state index contributed by atoms with van der Waals surface area (Å²) in [6.07, 6.45) is 10.6. The topological polar surface area (TPSA) is 66.4 Å². The van der Waals surface area contributed by atoms with Crippen LogP contribution in [0, 0.1) is 40.4 Å². The first-order chi connectivity index (χ1) is 13.2. The molecule has 0 bridgehead atoms. The zero-order chi connectivity index (χ0) is 20.3. The summed E-state index contributed by atoms with van der Waals surface area (Å²) < 4.78 is 0. The number of carbonyl (C=O) groups is 2. The van der Waals surface area contributed by atoms with Crippen LogP contribution in [-0.4, -0.2) is 23.0 Å². The second kappa shape index (κ2) is 6.88. The van der Waals surface area contributed by atoms with Crippen LogP contribution in [0.1, 0.15) is 79.1 Å². The molecule has 7 atom stereocenters. The van der Waals surface area contributed by atoms with Crippen LogP contribution in [0.5, 0.6) is 0 Å². The summed E-state index contributed by atoms with van der Waals surface area (Å²) in [5, 5.41) is 12.6. The fraction of sp³-hybridized carbons (Fsp3) is 0.833. The van der Waals surface area contributed by atoms with E-state index < -0.39 is 5.97 Å². The molecule has 28 heavy (non-hydrogen) atoms. The Labute approximate surface area is 169 Å². The summed E-state index contributed by atoms with van der Waals surface area (Å²) in [7, 11) is 0. The van der Waals surface area contributed by atoms with Gasteiger partial charge in [-0.25, -0.2) is 4.79 Å². The second-order valence-electron chi connectivity index (χ2n) is 10.9. The van der Waals surface area contributed by atoms with E-state index in [1.807, 2.05) is 19.9 Å². The summed E-state index contributed by atoms with van der Waals surface area (Å²) in [4.78, 5) is 24.4. The van der Waals surface area contributed by atoms with E-state index >= 15 is 0 Å². The second-order valence-corrected chi connectivity index (χ2v) is 10.9. The number of nitrogens with one attached hydrogen (secondary N) is 1. The van der Waals surface area contributed by atoms with E-state index in [2.05, 4.69) is 19.2 Å². The van der Waals surface area contributed by atoms with Crippen molar-refractivity contribution in [3.63, 3.8) is 0 Å². The highest BCUT2D eigenvalue weighted by atomic mass is 16.4. The number of rotatable bonds is 3. The van der Waals surface area contributed by atoms with Gasteiger partial charge in [-0.2, -0.15) is 0 Å². The van der Waals surface area contributed by atoms with Crippen molar-refractivity contribution >= 4 is 11.9 Å². The molecule has 2 N–H and O–H groups in total. The number of carboxylic acid groups (broad SMARTS) is 1. The zero-order valence-electron chi connectivity index (χ0n) is 18.0. The molecule has 0 aromatic carbocycles. The molecule has 0 spiro atoms. The van der Waals surface area contributed by atoms with E-state index in [9.17, 15) is 14.7 Å². The van der Waals surface area contributed by atoms with E-state index in [-0.39, 0.29) is 28.7 Å². The van der Waals surface area contributed by atoms with E-state index in [0.717, 1.165) is 32.1 Å². The Balaban J connectivity index is 1.56. The van der Waals surface area contributed by atoms with Gasteiger partial charge in [0.05, 0.1) is 0 Å². The summed E-state index contributed by atoms with van der Waals surface area (Å²) in [6, 6.07) is 0.207. The monoisotopic (exact) mass is 387 g/mol. The normalized spacial score (nSPS) is 44.9. The lowest BCUT2D eigenvalue weighted by Gasteiger charge is -2.60. The minimum Gasteiger partial charge on any atom is -0.478 e. The molecule has 1 amide bonds. The molecule has 0 saturated heterocycles. The maximum absolute atomic E-state index is 12.9. The zero-order valence-corrected chi connectivity index (χ0v) is 18.0. The molecule has 4 aliphatic rings. The first kappa shape index (κ1) is 20.0. The lowest BCUT2D eigenvalue weighted by atomic mass is 9.45. The molecule has 0 heterocycles. The standard InChI is InChI=1S/C24H37NO3/c1-14(2)25-21(26)20-8-7-18-17-6-5-16-13-15(22(27)28)9-11-23(16,3)19(17)10-12-24(18,20)4/h9,14,16-20H,5-8,10-13H2,1-4H3,(H,25,26)(H,27,28)/t16-,17-,18-,19-,20+,23-,24-/m0/s1. The third-order valence-electron chi connectivity index (χ3n) is 9.34. The van der Waals surface area contributed by atoms with Crippen molar-refractivity contribution in [3.05, 3.63) is 11.6 Å². The van der Waals surface area contributed by atoms with Crippen LogP contribution in [-0.2, 0) is 9.59 Å². The van der Waals surface area contributed by atoms with Crippen LogP contribution < -0.4 is 5.32 Å². The van der Waals surface area contributed by atoms with Gasteiger partial charge in [0, 0.05) is 17.5 Å². The van der Waals surface area contributed by atoms with Gasteiger partial charge in [-0.05, 0) is 99.7 Å². The van der Waals surface area contributed by atoms with E-state index in [4.69, 9.17) is 0 Å². The van der Waals surface area contributed by atoms with Crippen LogP contribution in [0.4, 0.5) is 0 Å². The minimum atomic E-state index is -0.727. The Kier molecular flexibility index (Phi) is 4.91. The number of allylic oxidation sites excluding steroid dienone is 1. The van der Waals surface area contributed by atoms with Gasteiger partial charge in [-0.15, -0.1) is 0 Å². The molecule has 4 rings (SSSR count). The Morgan fingerprint density at radius 2 is 1.79 bits per heavy atom. The number of aliphatic carboxylic acids is 1. The largest absolute Gasteiger partial charge is 0.478 e. The first-order valence-electron chi connectivity index (χ1n) is 11.4. The van der Waals surface area contributed by atoms with E-state index in [1.54, 1.807) is 0 Å². The SMILES string of the molecule is CC(C)NC(=O)[C@H]1CC[C@H]2[C@@H]3CC[C@H]4CC(C(=O)O)=CC[C@]4(C)[C@H]3CC[C@]12C. The average Bonchev–Trinajstić information content (AvgIpc) is 2.97. The van der Waals surface area contributed by atoms with Gasteiger partial charge < -0.3 is 10.4 Å². The van der Waals surface area contributed by atoms with Crippen LogP contribution in [0.25, 0.3) is 0 Å². The van der Waals surface area contributed by atoms with Crippen molar-refractivity contribution in [1.82, 2.24) is 5.32 Å². The third-order valence-corrected chi connectivity index (χ3v) is 9.34. The van der Waals surface area contributed by atoms with Crippen LogP contribution >= 0.6 is 0 Å². The summed E-state index contributed by atoms with van der Waals surface area (Å²) >= 11 is 0. The molecule has 4 aliphatic carbocycles. The Morgan fingerprint density at radius 3 is 2.46 bits per heavy atom. The van der Waals surface area contributed by atoms with Crippen LogP contribution in [0.3, 0.4) is 0 Å². The average molecular weight is 388 g/mol. The van der Waals surface area contributed by atoms with Gasteiger partial charge in [-0.1, -0.05) is 19.9 Å². The summed E-state index contributed by atoms with van der Waals surface area (Å²) in [5.41, 5.74) is 1.01. The van der Waals surface area contributed by atoms with Gasteiger partial charge in [0.1, 0.15) is 0 Å². The van der Waals surface area contributed by atoms with Gasteiger partial charge >= 0.3 is 5.97 Å². The number of fused-ring (bicyclic) bond motifs is 5. The quantitative estimate of drug-likeness (QED) is 0.731. The van der Waals surface area contributed by atoms with Crippen molar-refractivity contribution < 1.29 is 14.7 Å². The molecular weight excluding hydrogens is 350 g/mol. The molecule has 0 aliphatic heterocycles. The molecule has 3 saturated carbocycles. The van der Waals surface area contributed by atoms with Crippen molar-refractivity contribution in [2.45, 2.75) is 85.1 Å². The fourth-order valence-electron chi connectivity index (χ4n) is 7.87. The Hall–Kier alpha value is -1.32. The van der Waals surface area contributed by atoms with Crippen LogP contribution in [0.15, 0.2) is 11.6 Å². The number of carboxylic acids is 1. The first-order valence-corrected chi connectivity index (χ1v) is 11.4. The minimum absolute atomic E-state index is 0.139. The fourth-order valence-corrected chi connectivity index (χ4v) is 7.87. The lowest BCUT2D eigenvalue weighted by molar-refractivity contribution is -0.136. The summed E-state index contributed by atoms with van der Waals surface area (Å²) in [5.74, 6) is 2.25. The molecule has 4 heteroatoms. The van der Waals surface area contributed by atoms with E-state index in [1.165, 1.54) is 19.3 Å². The van der Waals surface area contributed by atoms with Gasteiger partial charge in [0.25, 0.3) is 0 Å². The van der Waals surface area contributed by atoms with Crippen LogP contribution in [0.2, 0.25) is 0 Å². The third kappa shape index (κ3) is 2.93. The van der Waals surface area contributed by atoms with Crippen molar-refractivity contribution in [2.24, 2.45) is 40.4 Å². The Bertz CT molecular complexity index is 698. The highest BCUT2D eigenvalue weighted by Crippen LogP contribution is 2.67. The molecule has 0 aromatic heterocycles. The maximum Gasteiger partial charge on any atom is 0.331 e. The molecule has 156 valence electrons. The van der Waals surface area contributed by atoms with Gasteiger partial charge in [0.15, 0.2) is 0 Å². The van der Waals surface area contributed by atoms with Crippen molar-refractivity contribution in [1.29, 1.82) is 0 Å². The van der Waals surface area contributed by atoms with E-state index in [0.29, 0.717) is 29.2 Å². The summed E-state index contributed by atoms with van der Waals surface area (Å²) in [6.45, 7) is 8.93. The molecular formula is C24H37NO3. The maximum atomic E-state index is 12.9. The molecule has 3 fully saturated rings. The van der Waals surface area contributed by atoms with Gasteiger partial charge in [-0.3, -0.25) is 4.79 Å². The number of hydrogen-bond donors (Lipinski definition) is 2. The molecule has 0 unspecified atom stereocenters. The molecule has 4 nitrogen and oxygen atoms in total. The molecule has 0 aromatic rings. The smallest absolute Gasteiger partial charge is 0.331 e. The number of carbonyl (C=O) groups excluding carboxylic acids is 1. The Morgan fingerprint density at radius 1 is 1.07 bits per heavy atom. The highest BCUT2D eigenvalue weighted by molar-refractivity contribution is 5.86. The van der Waals surface area contributed by atoms with Crippen molar-refractivity contribution in [2.75, 3.05) is 0 Å². The predicted octanol–water partition coefficient (Wildman–Crippen LogP) is 4.79. The lowest BCUT2D eigenvalue weighted by Crippen LogP contribution is -2.54. The number of hydrogen-bond acceptors (Lipinski definition) is 2. The highest BCUT2D eigenvalue weighted by Gasteiger charge is 2.60.